The summed E-state index contributed by atoms with van der Waals surface area (Å²) in [4.78, 5) is 17.6. The first kappa shape index (κ1) is 17.3. The molecule has 1 aliphatic rings. The minimum atomic E-state index is 0.249. The standard InChI is InChI=1S/C23H22N2O2/c1-2-5-16-10-18(11-17-8-9-25(15-26)23(16)17)19-12-20(14-24-13-19)21-6-3-4-7-22(21)27/h3-4,6-7,10-15,27H,2,5,8-9H2,1H3. The molecular weight excluding hydrogens is 336 g/mol. The lowest BCUT2D eigenvalue weighted by Crippen LogP contribution is -2.18. The molecule has 0 aliphatic carbocycles. The largest absolute Gasteiger partial charge is 0.507 e. The molecular formula is C23H22N2O2. The molecule has 0 saturated carbocycles. The van der Waals surface area contributed by atoms with Crippen molar-refractivity contribution in [2.45, 2.75) is 26.2 Å². The third-order valence-electron chi connectivity index (χ3n) is 5.11. The monoisotopic (exact) mass is 358 g/mol. The fourth-order valence-corrected chi connectivity index (χ4v) is 3.87. The van der Waals surface area contributed by atoms with Gasteiger partial charge in [-0.1, -0.05) is 31.5 Å². The summed E-state index contributed by atoms with van der Waals surface area (Å²) in [7, 11) is 0. The summed E-state index contributed by atoms with van der Waals surface area (Å²) in [5.41, 5.74) is 7.29. The molecule has 1 N–H and O–H groups in total. The maximum Gasteiger partial charge on any atom is 0.214 e. The highest BCUT2D eigenvalue weighted by Gasteiger charge is 2.23. The Balaban J connectivity index is 1.81. The number of amides is 1. The third-order valence-corrected chi connectivity index (χ3v) is 5.11. The number of anilines is 1. The van der Waals surface area contributed by atoms with Gasteiger partial charge in [-0.3, -0.25) is 9.78 Å². The molecule has 4 rings (SSSR count). The van der Waals surface area contributed by atoms with Crippen molar-refractivity contribution in [2.75, 3.05) is 11.4 Å². The van der Waals surface area contributed by atoms with Gasteiger partial charge in [0.1, 0.15) is 5.75 Å². The normalized spacial score (nSPS) is 12.9. The van der Waals surface area contributed by atoms with Crippen LogP contribution in [-0.4, -0.2) is 23.0 Å². The highest BCUT2D eigenvalue weighted by Crippen LogP contribution is 2.37. The average molecular weight is 358 g/mol. The van der Waals surface area contributed by atoms with Crippen LogP contribution in [-0.2, 0) is 17.6 Å². The number of carbonyl (C=O) groups excluding carboxylic acids is 1. The Bertz CT molecular complexity index is 997. The van der Waals surface area contributed by atoms with E-state index in [0.29, 0.717) is 0 Å². The molecule has 3 aromatic rings. The topological polar surface area (TPSA) is 53.4 Å². The molecule has 0 bridgehead atoms. The first-order valence-electron chi connectivity index (χ1n) is 9.32. The summed E-state index contributed by atoms with van der Waals surface area (Å²) in [6.45, 7) is 2.90. The number of phenols is 1. The van der Waals surface area contributed by atoms with Crippen LogP contribution in [0.15, 0.2) is 54.9 Å². The molecule has 0 saturated heterocycles. The van der Waals surface area contributed by atoms with Crippen molar-refractivity contribution in [2.24, 2.45) is 0 Å². The van der Waals surface area contributed by atoms with Crippen LogP contribution in [0, 0.1) is 0 Å². The van der Waals surface area contributed by atoms with E-state index in [-0.39, 0.29) is 5.75 Å². The Labute approximate surface area is 159 Å². The molecule has 2 heterocycles. The Morgan fingerprint density at radius 2 is 1.93 bits per heavy atom. The highest BCUT2D eigenvalue weighted by atomic mass is 16.3. The maximum atomic E-state index is 11.4. The SMILES string of the molecule is CCCc1cc(-c2cncc(-c3ccccc3O)c2)cc2c1N(C=O)CC2. The van der Waals surface area contributed by atoms with E-state index in [0.717, 1.165) is 60.2 Å². The second kappa shape index (κ2) is 7.23. The van der Waals surface area contributed by atoms with Gasteiger partial charge in [0.25, 0.3) is 0 Å². The number of hydrogen-bond donors (Lipinski definition) is 1. The zero-order valence-electron chi connectivity index (χ0n) is 15.4. The van der Waals surface area contributed by atoms with Gasteiger partial charge >= 0.3 is 0 Å². The summed E-state index contributed by atoms with van der Waals surface area (Å²) < 4.78 is 0. The Morgan fingerprint density at radius 3 is 2.70 bits per heavy atom. The number of hydrogen-bond acceptors (Lipinski definition) is 3. The number of phenolic OH excluding ortho intramolecular Hbond substituents is 1. The molecule has 0 radical (unpaired) electrons. The number of rotatable bonds is 5. The average Bonchev–Trinajstić information content (AvgIpc) is 3.12. The number of benzene rings is 2. The van der Waals surface area contributed by atoms with Crippen molar-refractivity contribution < 1.29 is 9.90 Å². The summed E-state index contributed by atoms with van der Waals surface area (Å²) in [6, 6.07) is 13.7. The van der Waals surface area contributed by atoms with Crippen LogP contribution in [0.2, 0.25) is 0 Å². The Hall–Kier alpha value is -3.14. The van der Waals surface area contributed by atoms with E-state index >= 15 is 0 Å². The summed E-state index contributed by atoms with van der Waals surface area (Å²) in [6.07, 6.45) is 7.41. The van der Waals surface area contributed by atoms with Crippen LogP contribution < -0.4 is 4.90 Å². The molecule has 27 heavy (non-hydrogen) atoms. The quantitative estimate of drug-likeness (QED) is 0.679. The van der Waals surface area contributed by atoms with Crippen LogP contribution in [0.25, 0.3) is 22.3 Å². The van der Waals surface area contributed by atoms with Crippen LogP contribution in [0.1, 0.15) is 24.5 Å². The number of fused-ring (bicyclic) bond motifs is 1. The van der Waals surface area contributed by atoms with Crippen LogP contribution in [0.4, 0.5) is 5.69 Å². The molecule has 0 atom stereocenters. The molecule has 0 spiro atoms. The summed E-state index contributed by atoms with van der Waals surface area (Å²) in [5.74, 6) is 0.249. The van der Waals surface area contributed by atoms with Gasteiger partial charge < -0.3 is 10.0 Å². The molecule has 1 amide bonds. The van der Waals surface area contributed by atoms with E-state index in [1.54, 1.807) is 12.3 Å². The molecule has 1 aliphatic heterocycles. The van der Waals surface area contributed by atoms with E-state index in [2.05, 4.69) is 30.1 Å². The lowest BCUT2D eigenvalue weighted by Gasteiger charge is -2.17. The lowest BCUT2D eigenvalue weighted by molar-refractivity contribution is -0.107. The number of aryl methyl sites for hydroxylation is 1. The van der Waals surface area contributed by atoms with Crippen molar-refractivity contribution in [3.05, 3.63) is 66.0 Å². The third kappa shape index (κ3) is 3.19. The molecule has 1 aromatic heterocycles. The molecule has 2 aromatic carbocycles. The zero-order chi connectivity index (χ0) is 18.8. The van der Waals surface area contributed by atoms with E-state index in [1.807, 2.05) is 29.3 Å². The van der Waals surface area contributed by atoms with E-state index in [1.165, 1.54) is 11.1 Å². The first-order valence-corrected chi connectivity index (χ1v) is 9.32. The van der Waals surface area contributed by atoms with Crippen LogP contribution in [0.5, 0.6) is 5.75 Å². The maximum absolute atomic E-state index is 11.4. The molecule has 4 nitrogen and oxygen atoms in total. The number of aromatic hydroxyl groups is 1. The summed E-state index contributed by atoms with van der Waals surface area (Å²) in [5, 5.41) is 10.2. The van der Waals surface area contributed by atoms with Crippen molar-refractivity contribution in [1.29, 1.82) is 0 Å². The number of pyridine rings is 1. The molecule has 136 valence electrons. The molecule has 0 unspecified atom stereocenters. The van der Waals surface area contributed by atoms with E-state index in [4.69, 9.17) is 0 Å². The number of nitrogens with zero attached hydrogens (tertiary/aromatic N) is 2. The second-order valence-corrected chi connectivity index (χ2v) is 6.92. The minimum absolute atomic E-state index is 0.249. The lowest BCUT2D eigenvalue weighted by atomic mass is 9.95. The minimum Gasteiger partial charge on any atom is -0.507 e. The number of para-hydroxylation sites is 1. The first-order chi connectivity index (χ1) is 13.2. The smallest absolute Gasteiger partial charge is 0.214 e. The molecule has 0 fully saturated rings. The van der Waals surface area contributed by atoms with Crippen molar-refractivity contribution in [3.8, 4) is 28.0 Å². The van der Waals surface area contributed by atoms with Crippen molar-refractivity contribution in [1.82, 2.24) is 4.98 Å². The van der Waals surface area contributed by atoms with Gasteiger partial charge in [-0.15, -0.1) is 0 Å². The van der Waals surface area contributed by atoms with Crippen molar-refractivity contribution >= 4 is 12.1 Å². The van der Waals surface area contributed by atoms with Gasteiger partial charge in [-0.2, -0.15) is 0 Å². The predicted molar refractivity (Wildman–Crippen MR) is 108 cm³/mol. The second-order valence-electron chi connectivity index (χ2n) is 6.92. The number of carbonyl (C=O) groups is 1. The Kier molecular flexibility index (Phi) is 4.63. The van der Waals surface area contributed by atoms with E-state index in [9.17, 15) is 9.90 Å². The fraction of sp³-hybridized carbons (Fsp3) is 0.217. The van der Waals surface area contributed by atoms with Crippen LogP contribution in [0.3, 0.4) is 0 Å². The van der Waals surface area contributed by atoms with Gasteiger partial charge in [0, 0.05) is 41.3 Å². The van der Waals surface area contributed by atoms with Gasteiger partial charge in [0.2, 0.25) is 6.41 Å². The van der Waals surface area contributed by atoms with E-state index < -0.39 is 0 Å². The predicted octanol–water partition coefficient (Wildman–Crippen LogP) is 4.59. The van der Waals surface area contributed by atoms with Crippen LogP contribution >= 0.6 is 0 Å². The van der Waals surface area contributed by atoms with Gasteiger partial charge in [-0.25, -0.2) is 0 Å². The number of aromatic nitrogens is 1. The van der Waals surface area contributed by atoms with Gasteiger partial charge in [0.05, 0.1) is 0 Å². The van der Waals surface area contributed by atoms with Crippen molar-refractivity contribution in [3.63, 3.8) is 0 Å². The van der Waals surface area contributed by atoms with Gasteiger partial charge in [-0.05, 0) is 53.8 Å². The summed E-state index contributed by atoms with van der Waals surface area (Å²) >= 11 is 0. The Morgan fingerprint density at radius 1 is 1.11 bits per heavy atom. The van der Waals surface area contributed by atoms with Gasteiger partial charge in [0.15, 0.2) is 0 Å². The highest BCUT2D eigenvalue weighted by molar-refractivity contribution is 5.85. The molecule has 4 heteroatoms. The fourth-order valence-electron chi connectivity index (χ4n) is 3.87. The zero-order valence-corrected chi connectivity index (χ0v) is 15.4.